The Morgan fingerprint density at radius 2 is 1.96 bits per heavy atom. The number of phenolic OH excluding ortho intramolecular Hbond substituents is 1. The van der Waals surface area contributed by atoms with Crippen LogP contribution in [0.3, 0.4) is 0 Å². The first kappa shape index (κ1) is 16.0. The Bertz CT molecular complexity index is 875. The molecule has 0 spiro atoms. The van der Waals surface area contributed by atoms with Gasteiger partial charge in [0.05, 0.1) is 0 Å². The molecule has 0 aliphatic carbocycles. The van der Waals surface area contributed by atoms with E-state index in [4.69, 9.17) is 20.8 Å². The third-order valence-corrected chi connectivity index (χ3v) is 3.59. The summed E-state index contributed by atoms with van der Waals surface area (Å²) >= 11 is 5.83. The molecule has 0 unspecified atom stereocenters. The molecule has 1 aromatic heterocycles. The van der Waals surface area contributed by atoms with Gasteiger partial charge in [0, 0.05) is 10.6 Å². The van der Waals surface area contributed by atoms with Crippen LogP contribution in [0.4, 0.5) is 0 Å². The molecule has 0 radical (unpaired) electrons. The molecule has 6 nitrogen and oxygen atoms in total. The van der Waals surface area contributed by atoms with E-state index in [0.29, 0.717) is 22.0 Å². The van der Waals surface area contributed by atoms with Crippen LogP contribution in [0, 0.1) is 6.92 Å². The molecule has 3 rings (SSSR count). The lowest BCUT2D eigenvalue weighted by molar-refractivity contribution is 0.0435. The van der Waals surface area contributed by atoms with E-state index in [0.717, 1.165) is 0 Å². The first-order chi connectivity index (χ1) is 11.5. The SMILES string of the molecule is Cc1cccc(C(=O)OCc2nnc(-c3ccc(Cl)cc3)o2)c1O. The van der Waals surface area contributed by atoms with Gasteiger partial charge in [-0.2, -0.15) is 0 Å². The van der Waals surface area contributed by atoms with Crippen molar-refractivity contribution in [1.82, 2.24) is 10.2 Å². The van der Waals surface area contributed by atoms with E-state index in [1.807, 2.05) is 0 Å². The minimum atomic E-state index is -0.664. The summed E-state index contributed by atoms with van der Waals surface area (Å²) in [4.78, 5) is 12.0. The van der Waals surface area contributed by atoms with Crippen LogP contribution in [0.25, 0.3) is 11.5 Å². The van der Waals surface area contributed by atoms with Gasteiger partial charge in [-0.15, -0.1) is 10.2 Å². The summed E-state index contributed by atoms with van der Waals surface area (Å²) < 4.78 is 10.5. The number of rotatable bonds is 4. The molecule has 0 aliphatic heterocycles. The summed E-state index contributed by atoms with van der Waals surface area (Å²) in [6.07, 6.45) is 0. The van der Waals surface area contributed by atoms with Gasteiger partial charge in [-0.25, -0.2) is 4.79 Å². The highest BCUT2D eigenvalue weighted by atomic mass is 35.5. The standard InChI is InChI=1S/C17H13ClN2O4/c1-10-3-2-4-13(15(10)21)17(22)23-9-14-19-20-16(24-14)11-5-7-12(18)8-6-11/h2-8,21H,9H2,1H3. The normalized spacial score (nSPS) is 10.6. The van der Waals surface area contributed by atoms with Gasteiger partial charge in [0.25, 0.3) is 5.89 Å². The minimum Gasteiger partial charge on any atom is -0.507 e. The van der Waals surface area contributed by atoms with Crippen LogP contribution in [-0.2, 0) is 11.3 Å². The van der Waals surface area contributed by atoms with Gasteiger partial charge in [0.1, 0.15) is 11.3 Å². The van der Waals surface area contributed by atoms with Gasteiger partial charge in [0.15, 0.2) is 6.61 Å². The Morgan fingerprint density at radius 1 is 1.21 bits per heavy atom. The smallest absolute Gasteiger partial charge is 0.342 e. The highest BCUT2D eigenvalue weighted by Crippen LogP contribution is 2.23. The highest BCUT2D eigenvalue weighted by molar-refractivity contribution is 6.30. The lowest BCUT2D eigenvalue weighted by Crippen LogP contribution is -2.06. The summed E-state index contributed by atoms with van der Waals surface area (Å²) in [5.41, 5.74) is 1.39. The number of para-hydroxylation sites is 1. The second-order valence-corrected chi connectivity index (χ2v) is 5.49. The molecule has 0 atom stereocenters. The molecule has 3 aromatic rings. The molecule has 0 saturated heterocycles. The molecule has 7 heteroatoms. The van der Waals surface area contributed by atoms with Crippen LogP contribution >= 0.6 is 11.6 Å². The zero-order valence-electron chi connectivity index (χ0n) is 12.7. The fraction of sp³-hybridized carbons (Fsp3) is 0.118. The first-order valence-electron chi connectivity index (χ1n) is 7.08. The fourth-order valence-electron chi connectivity index (χ4n) is 2.05. The topological polar surface area (TPSA) is 85.5 Å². The van der Waals surface area contributed by atoms with Crippen LogP contribution in [0.15, 0.2) is 46.9 Å². The van der Waals surface area contributed by atoms with E-state index in [9.17, 15) is 9.90 Å². The van der Waals surface area contributed by atoms with E-state index in [1.165, 1.54) is 6.07 Å². The van der Waals surface area contributed by atoms with Crippen molar-refractivity contribution >= 4 is 17.6 Å². The predicted octanol–water partition coefficient (Wildman–Crippen LogP) is 3.76. The summed E-state index contributed by atoms with van der Waals surface area (Å²) in [5, 5.41) is 18.2. The summed E-state index contributed by atoms with van der Waals surface area (Å²) in [5.74, 6) is -0.311. The Morgan fingerprint density at radius 3 is 2.71 bits per heavy atom. The summed E-state index contributed by atoms with van der Waals surface area (Å²) in [7, 11) is 0. The molecule has 0 saturated carbocycles. The number of ether oxygens (including phenoxy) is 1. The number of aryl methyl sites for hydroxylation is 1. The van der Waals surface area contributed by atoms with E-state index in [1.54, 1.807) is 43.3 Å². The van der Waals surface area contributed by atoms with Crippen LogP contribution in [0.2, 0.25) is 5.02 Å². The van der Waals surface area contributed by atoms with E-state index in [2.05, 4.69) is 10.2 Å². The number of phenols is 1. The lowest BCUT2D eigenvalue weighted by Gasteiger charge is -2.06. The second-order valence-electron chi connectivity index (χ2n) is 5.06. The van der Waals surface area contributed by atoms with Gasteiger partial charge in [0.2, 0.25) is 5.89 Å². The molecular formula is C17H13ClN2O4. The zero-order chi connectivity index (χ0) is 17.1. The third-order valence-electron chi connectivity index (χ3n) is 3.34. The van der Waals surface area contributed by atoms with Gasteiger partial charge < -0.3 is 14.3 Å². The van der Waals surface area contributed by atoms with Crippen molar-refractivity contribution < 1.29 is 19.1 Å². The number of benzene rings is 2. The van der Waals surface area contributed by atoms with Crippen molar-refractivity contribution in [3.63, 3.8) is 0 Å². The van der Waals surface area contributed by atoms with Crippen molar-refractivity contribution in [2.45, 2.75) is 13.5 Å². The van der Waals surface area contributed by atoms with Gasteiger partial charge in [-0.3, -0.25) is 0 Å². The van der Waals surface area contributed by atoms with Gasteiger partial charge in [-0.1, -0.05) is 23.7 Å². The van der Waals surface area contributed by atoms with Crippen LogP contribution < -0.4 is 0 Å². The molecule has 2 aromatic carbocycles. The molecule has 1 N–H and O–H groups in total. The largest absolute Gasteiger partial charge is 0.507 e. The van der Waals surface area contributed by atoms with Gasteiger partial charge in [-0.05, 0) is 42.8 Å². The molecule has 0 amide bonds. The van der Waals surface area contributed by atoms with Crippen LogP contribution in [0.5, 0.6) is 5.75 Å². The molecule has 1 heterocycles. The molecule has 0 aliphatic rings. The second kappa shape index (κ2) is 6.72. The number of halogens is 1. The van der Waals surface area contributed by atoms with Crippen LogP contribution in [-0.4, -0.2) is 21.3 Å². The molecular weight excluding hydrogens is 332 g/mol. The number of carbonyl (C=O) groups excluding carboxylic acids is 1. The molecule has 122 valence electrons. The van der Waals surface area contributed by atoms with E-state index in [-0.39, 0.29) is 23.8 Å². The fourth-order valence-corrected chi connectivity index (χ4v) is 2.18. The number of aromatic hydroxyl groups is 1. The predicted molar refractivity (Wildman–Crippen MR) is 86.7 cm³/mol. The zero-order valence-corrected chi connectivity index (χ0v) is 13.4. The van der Waals surface area contributed by atoms with Crippen molar-refractivity contribution in [3.05, 3.63) is 64.5 Å². The Kier molecular flexibility index (Phi) is 4.48. The number of nitrogens with zero attached hydrogens (tertiary/aromatic N) is 2. The van der Waals surface area contributed by atoms with Gasteiger partial charge >= 0.3 is 5.97 Å². The quantitative estimate of drug-likeness (QED) is 0.725. The maximum atomic E-state index is 12.0. The molecule has 0 bridgehead atoms. The third kappa shape index (κ3) is 3.38. The number of esters is 1. The Balaban J connectivity index is 1.68. The molecule has 0 fully saturated rings. The number of carbonyl (C=O) groups is 1. The first-order valence-corrected chi connectivity index (χ1v) is 7.46. The Labute approximate surface area is 142 Å². The molecule has 24 heavy (non-hydrogen) atoms. The minimum absolute atomic E-state index is 0.0902. The lowest BCUT2D eigenvalue weighted by atomic mass is 10.1. The number of hydrogen-bond acceptors (Lipinski definition) is 6. The average Bonchev–Trinajstić information content (AvgIpc) is 3.05. The maximum absolute atomic E-state index is 12.0. The highest BCUT2D eigenvalue weighted by Gasteiger charge is 2.16. The number of hydrogen-bond donors (Lipinski definition) is 1. The summed E-state index contributed by atoms with van der Waals surface area (Å²) in [6.45, 7) is 1.51. The summed E-state index contributed by atoms with van der Waals surface area (Å²) in [6, 6.07) is 11.8. The van der Waals surface area contributed by atoms with E-state index < -0.39 is 5.97 Å². The number of aromatic nitrogens is 2. The average molecular weight is 345 g/mol. The monoisotopic (exact) mass is 344 g/mol. The maximum Gasteiger partial charge on any atom is 0.342 e. The van der Waals surface area contributed by atoms with Crippen molar-refractivity contribution in [3.8, 4) is 17.2 Å². The van der Waals surface area contributed by atoms with Crippen molar-refractivity contribution in [2.24, 2.45) is 0 Å². The van der Waals surface area contributed by atoms with E-state index >= 15 is 0 Å². The Hall–Kier alpha value is -2.86. The van der Waals surface area contributed by atoms with Crippen molar-refractivity contribution in [2.75, 3.05) is 0 Å². The van der Waals surface area contributed by atoms with Crippen LogP contribution in [0.1, 0.15) is 21.8 Å². The van der Waals surface area contributed by atoms with Crippen molar-refractivity contribution in [1.29, 1.82) is 0 Å².